The highest BCUT2D eigenvalue weighted by Crippen LogP contribution is 2.16. The molecule has 0 amide bonds. The highest BCUT2D eigenvalue weighted by Gasteiger charge is 2.26. The van der Waals surface area contributed by atoms with Crippen LogP contribution in [0.4, 0.5) is 0 Å². The fourth-order valence-corrected chi connectivity index (χ4v) is 5.15. The Labute approximate surface area is 90.6 Å². The summed E-state index contributed by atoms with van der Waals surface area (Å²) in [5.41, 5.74) is 4.60. The van der Waals surface area contributed by atoms with Gasteiger partial charge in [0.15, 0.2) is 0 Å². The first-order chi connectivity index (χ1) is 6.45. The Morgan fingerprint density at radius 1 is 0.857 bits per heavy atom. The largest absolute Gasteiger partial charge is 0.416 e. The van der Waals surface area contributed by atoms with Gasteiger partial charge in [-0.25, -0.2) is 0 Å². The molecule has 0 aliphatic rings. The van der Waals surface area contributed by atoms with Gasteiger partial charge in [-0.2, -0.15) is 0 Å². The summed E-state index contributed by atoms with van der Waals surface area (Å²) in [5, 5.41) is 0. The van der Waals surface area contributed by atoms with Gasteiger partial charge < -0.3 is 8.85 Å². The summed E-state index contributed by atoms with van der Waals surface area (Å²) in [6, 6.07) is 2.25. The van der Waals surface area contributed by atoms with Crippen LogP contribution >= 0.6 is 0 Å². The molecule has 0 aliphatic carbocycles. The van der Waals surface area contributed by atoms with Crippen LogP contribution < -0.4 is 0 Å². The molecular formula is C10H24O2Si2. The van der Waals surface area contributed by atoms with Crippen molar-refractivity contribution in [2.24, 2.45) is 0 Å². The second kappa shape index (κ2) is 5.85. The number of hydrogen-bond acceptors (Lipinski definition) is 2. The lowest BCUT2D eigenvalue weighted by Crippen LogP contribution is -2.34. The molecule has 0 aromatic carbocycles. The van der Waals surface area contributed by atoms with Gasteiger partial charge in [-0.05, 0) is 25.2 Å². The van der Waals surface area contributed by atoms with E-state index in [1.165, 1.54) is 0 Å². The average molecular weight is 232 g/mol. The zero-order chi connectivity index (χ0) is 11.2. The van der Waals surface area contributed by atoms with Gasteiger partial charge in [-0.3, -0.25) is 0 Å². The van der Waals surface area contributed by atoms with Crippen molar-refractivity contribution < 1.29 is 8.85 Å². The molecule has 0 bridgehead atoms. The van der Waals surface area contributed by atoms with Crippen LogP contribution in [0.15, 0.2) is 11.4 Å². The third kappa shape index (κ3) is 4.08. The summed E-state index contributed by atoms with van der Waals surface area (Å²) < 4.78 is 11.2. The minimum absolute atomic E-state index is 1.12. The lowest BCUT2D eigenvalue weighted by atomic mass is 11.0. The van der Waals surface area contributed by atoms with Crippen molar-refractivity contribution >= 4 is 16.6 Å². The van der Waals surface area contributed by atoms with Crippen LogP contribution in [0, 0.1) is 0 Å². The van der Waals surface area contributed by atoms with Crippen LogP contribution in [0.5, 0.6) is 0 Å². The molecule has 0 aromatic rings. The van der Waals surface area contributed by atoms with E-state index in [0.29, 0.717) is 0 Å². The van der Waals surface area contributed by atoms with E-state index < -0.39 is 16.6 Å². The number of rotatable bonds is 6. The smallest absolute Gasteiger partial charge is 0.212 e. The fourth-order valence-electron chi connectivity index (χ4n) is 1.01. The van der Waals surface area contributed by atoms with E-state index in [-0.39, 0.29) is 0 Å². The van der Waals surface area contributed by atoms with Crippen LogP contribution in [0.2, 0.25) is 25.2 Å². The average Bonchev–Trinajstić information content (AvgIpc) is 2.25. The molecule has 14 heavy (non-hydrogen) atoms. The SMILES string of the molecule is CC[Si](C)(/C=C/[Si](C)(CC)OC)OC. The van der Waals surface area contributed by atoms with Crippen LogP contribution in [0.3, 0.4) is 0 Å². The van der Waals surface area contributed by atoms with Crippen molar-refractivity contribution in [2.75, 3.05) is 14.2 Å². The molecule has 0 aromatic heterocycles. The molecule has 2 unspecified atom stereocenters. The van der Waals surface area contributed by atoms with Crippen molar-refractivity contribution in [2.45, 2.75) is 39.0 Å². The van der Waals surface area contributed by atoms with E-state index in [1.807, 2.05) is 14.2 Å². The topological polar surface area (TPSA) is 18.5 Å². The van der Waals surface area contributed by atoms with Gasteiger partial charge in [-0.15, -0.1) is 0 Å². The van der Waals surface area contributed by atoms with Crippen molar-refractivity contribution in [1.29, 1.82) is 0 Å². The molecule has 0 spiro atoms. The van der Waals surface area contributed by atoms with Gasteiger partial charge in [-0.1, -0.05) is 25.2 Å². The second-order valence-electron chi connectivity index (χ2n) is 4.07. The monoisotopic (exact) mass is 232 g/mol. The molecule has 4 heteroatoms. The van der Waals surface area contributed by atoms with Crippen LogP contribution in [-0.4, -0.2) is 30.9 Å². The lowest BCUT2D eigenvalue weighted by molar-refractivity contribution is 0.406. The Kier molecular flexibility index (Phi) is 5.89. The molecule has 2 atom stereocenters. The predicted molar refractivity (Wildman–Crippen MR) is 67.4 cm³/mol. The molecule has 0 heterocycles. The summed E-state index contributed by atoms with van der Waals surface area (Å²) in [6.07, 6.45) is 0. The molecule has 2 nitrogen and oxygen atoms in total. The van der Waals surface area contributed by atoms with E-state index in [1.54, 1.807) is 0 Å². The highest BCUT2D eigenvalue weighted by atomic mass is 28.4. The van der Waals surface area contributed by atoms with Crippen molar-refractivity contribution in [3.63, 3.8) is 0 Å². The molecule has 0 saturated carbocycles. The second-order valence-corrected chi connectivity index (χ2v) is 12.2. The highest BCUT2D eigenvalue weighted by molar-refractivity contribution is 6.82. The Balaban J connectivity index is 4.54. The third-order valence-corrected chi connectivity index (χ3v) is 9.88. The Morgan fingerprint density at radius 3 is 1.29 bits per heavy atom. The maximum atomic E-state index is 5.59. The van der Waals surface area contributed by atoms with Crippen LogP contribution in [0.25, 0.3) is 0 Å². The lowest BCUT2D eigenvalue weighted by Gasteiger charge is -2.23. The molecule has 0 saturated heterocycles. The first-order valence-corrected chi connectivity index (χ1v) is 10.6. The van der Waals surface area contributed by atoms with Crippen molar-refractivity contribution in [1.82, 2.24) is 0 Å². The molecule has 0 rings (SSSR count). The quantitative estimate of drug-likeness (QED) is 0.655. The molecular weight excluding hydrogens is 208 g/mol. The van der Waals surface area contributed by atoms with Crippen molar-refractivity contribution in [3.05, 3.63) is 11.4 Å². The summed E-state index contributed by atoms with van der Waals surface area (Å²) in [6.45, 7) is 8.86. The summed E-state index contributed by atoms with van der Waals surface area (Å²) in [4.78, 5) is 0. The van der Waals surface area contributed by atoms with E-state index >= 15 is 0 Å². The van der Waals surface area contributed by atoms with Crippen molar-refractivity contribution in [3.8, 4) is 0 Å². The van der Waals surface area contributed by atoms with Gasteiger partial charge in [0, 0.05) is 14.2 Å². The fraction of sp³-hybridized carbons (Fsp3) is 0.800. The van der Waals surface area contributed by atoms with Gasteiger partial charge >= 0.3 is 0 Å². The third-order valence-electron chi connectivity index (χ3n) is 3.13. The van der Waals surface area contributed by atoms with Gasteiger partial charge in [0.05, 0.1) is 0 Å². The predicted octanol–water partition coefficient (Wildman–Crippen LogP) is 3.10. The first-order valence-electron chi connectivity index (χ1n) is 5.26. The molecule has 0 N–H and O–H groups in total. The van der Waals surface area contributed by atoms with Gasteiger partial charge in [0.1, 0.15) is 0 Å². The molecule has 84 valence electrons. The standard InChI is InChI=1S/C10H24O2Si2/c1-7-13(5,11-3)9-10-14(6,8-2)12-4/h9-10H,7-8H2,1-6H3/b10-9+. The van der Waals surface area contributed by atoms with Gasteiger partial charge in [0.25, 0.3) is 0 Å². The minimum atomic E-state index is -1.57. The normalized spacial score (nSPS) is 20.7. The summed E-state index contributed by atoms with van der Waals surface area (Å²) >= 11 is 0. The Hall–Kier alpha value is 0.0938. The zero-order valence-electron chi connectivity index (χ0n) is 10.4. The summed E-state index contributed by atoms with van der Waals surface area (Å²) in [7, 11) is 0.503. The minimum Gasteiger partial charge on any atom is -0.416 e. The van der Waals surface area contributed by atoms with Crippen LogP contribution in [-0.2, 0) is 8.85 Å². The van der Waals surface area contributed by atoms with Gasteiger partial charge in [0.2, 0.25) is 16.6 Å². The summed E-state index contributed by atoms with van der Waals surface area (Å²) in [5.74, 6) is 0. The maximum absolute atomic E-state index is 5.59. The first kappa shape index (κ1) is 14.1. The maximum Gasteiger partial charge on any atom is 0.212 e. The van der Waals surface area contributed by atoms with Crippen LogP contribution in [0.1, 0.15) is 13.8 Å². The van der Waals surface area contributed by atoms with E-state index in [0.717, 1.165) is 12.1 Å². The van der Waals surface area contributed by atoms with E-state index in [2.05, 4.69) is 38.3 Å². The van der Waals surface area contributed by atoms with E-state index in [9.17, 15) is 0 Å². The zero-order valence-corrected chi connectivity index (χ0v) is 12.4. The molecule has 0 aliphatic heterocycles. The number of hydrogen-bond donors (Lipinski definition) is 0. The molecule has 0 radical (unpaired) electrons. The Bertz CT molecular complexity index is 165. The molecule has 0 fully saturated rings. The van der Waals surface area contributed by atoms with E-state index in [4.69, 9.17) is 8.85 Å². The Morgan fingerprint density at radius 2 is 1.14 bits per heavy atom.